The lowest BCUT2D eigenvalue weighted by Crippen LogP contribution is -2.35. The fourth-order valence-electron chi connectivity index (χ4n) is 3.15. The third-order valence-corrected chi connectivity index (χ3v) is 4.40. The number of carbonyl (C=O) groups is 1. The molecule has 1 fully saturated rings. The third-order valence-electron chi connectivity index (χ3n) is 4.40. The van der Waals surface area contributed by atoms with Gasteiger partial charge in [-0.15, -0.1) is 5.10 Å². The third kappa shape index (κ3) is 3.97. The van der Waals surface area contributed by atoms with Gasteiger partial charge in [-0.25, -0.2) is 4.68 Å². The number of rotatable bonds is 6. The van der Waals surface area contributed by atoms with Crippen molar-refractivity contribution >= 4 is 5.91 Å². The van der Waals surface area contributed by atoms with Crippen LogP contribution in [0.1, 0.15) is 25.8 Å². The molecule has 128 valence electrons. The van der Waals surface area contributed by atoms with Gasteiger partial charge in [-0.1, -0.05) is 26.0 Å². The van der Waals surface area contributed by atoms with Crippen molar-refractivity contribution in [3.63, 3.8) is 0 Å². The van der Waals surface area contributed by atoms with Gasteiger partial charge in [0.05, 0.1) is 18.2 Å². The van der Waals surface area contributed by atoms with Gasteiger partial charge in [-0.2, -0.15) is 0 Å². The van der Waals surface area contributed by atoms with Gasteiger partial charge in [0.2, 0.25) is 5.91 Å². The van der Waals surface area contributed by atoms with Gasteiger partial charge >= 0.3 is 0 Å². The highest BCUT2D eigenvalue weighted by Crippen LogP contribution is 2.26. The van der Waals surface area contributed by atoms with Gasteiger partial charge in [-0.3, -0.25) is 4.79 Å². The maximum Gasteiger partial charge on any atom is 0.224 e. The normalized spacial score (nSPS) is 20.5. The van der Waals surface area contributed by atoms with Crippen molar-refractivity contribution in [2.24, 2.45) is 11.8 Å². The summed E-state index contributed by atoms with van der Waals surface area (Å²) in [6, 6.07) is 7.65. The van der Waals surface area contributed by atoms with Gasteiger partial charge < -0.3 is 10.1 Å². The van der Waals surface area contributed by atoms with Crippen molar-refractivity contribution in [2.45, 2.75) is 32.8 Å². The number of hydrogen-bond acceptors (Lipinski definition) is 5. The van der Waals surface area contributed by atoms with Crippen molar-refractivity contribution in [2.75, 3.05) is 13.2 Å². The monoisotopic (exact) mass is 329 g/mol. The first kappa shape index (κ1) is 16.6. The van der Waals surface area contributed by atoms with Gasteiger partial charge in [-0.05, 0) is 40.5 Å². The van der Waals surface area contributed by atoms with Crippen molar-refractivity contribution in [3.8, 4) is 5.69 Å². The van der Waals surface area contributed by atoms with E-state index < -0.39 is 0 Å². The van der Waals surface area contributed by atoms with Crippen LogP contribution >= 0.6 is 0 Å². The molecule has 1 aromatic carbocycles. The Kier molecular flexibility index (Phi) is 5.20. The molecule has 7 heteroatoms. The fraction of sp³-hybridized carbons (Fsp3) is 0.529. The molecule has 3 rings (SSSR count). The van der Waals surface area contributed by atoms with Crippen LogP contribution in [0.5, 0.6) is 0 Å². The van der Waals surface area contributed by atoms with E-state index in [-0.39, 0.29) is 12.0 Å². The Morgan fingerprint density at radius 1 is 1.38 bits per heavy atom. The van der Waals surface area contributed by atoms with E-state index in [4.69, 9.17) is 4.74 Å². The molecule has 2 aromatic rings. The molecule has 1 amide bonds. The number of amides is 1. The quantitative estimate of drug-likeness (QED) is 0.866. The molecule has 1 aromatic heterocycles. The van der Waals surface area contributed by atoms with Crippen molar-refractivity contribution < 1.29 is 9.53 Å². The summed E-state index contributed by atoms with van der Waals surface area (Å²) in [5.41, 5.74) is 1.83. The number of carbonyl (C=O) groups excluding carboxylic acids is 1. The van der Waals surface area contributed by atoms with Gasteiger partial charge in [0.1, 0.15) is 6.33 Å². The Balaban J connectivity index is 1.50. The van der Waals surface area contributed by atoms with E-state index in [9.17, 15) is 4.79 Å². The second-order valence-corrected chi connectivity index (χ2v) is 6.53. The molecule has 24 heavy (non-hydrogen) atoms. The Labute approximate surface area is 141 Å². The minimum absolute atomic E-state index is 0.0413. The van der Waals surface area contributed by atoms with Crippen LogP contribution in [0.15, 0.2) is 30.6 Å². The van der Waals surface area contributed by atoms with Gasteiger partial charge in [0, 0.05) is 19.1 Å². The Hall–Kier alpha value is -2.28. The van der Waals surface area contributed by atoms with Crippen LogP contribution in [-0.4, -0.2) is 45.4 Å². The molecular formula is C17H23N5O2. The van der Waals surface area contributed by atoms with Crippen LogP contribution in [-0.2, 0) is 16.0 Å². The maximum absolute atomic E-state index is 12.2. The van der Waals surface area contributed by atoms with Crippen LogP contribution in [0.25, 0.3) is 5.69 Å². The van der Waals surface area contributed by atoms with Crippen LogP contribution in [0.4, 0.5) is 0 Å². The number of aromatic nitrogens is 4. The number of nitrogens with zero attached hydrogens (tertiary/aromatic N) is 4. The summed E-state index contributed by atoms with van der Waals surface area (Å²) in [6.45, 7) is 5.81. The number of ether oxygens (including phenoxy) is 1. The SMILES string of the molecule is CC(C)[C@@H]1OCC[C@@H]1CNC(=O)Cc1ccc(-n2cnnn2)cc1. The van der Waals surface area contributed by atoms with E-state index in [1.807, 2.05) is 24.3 Å². The summed E-state index contributed by atoms with van der Waals surface area (Å²) < 4.78 is 7.34. The highest BCUT2D eigenvalue weighted by molar-refractivity contribution is 5.78. The first-order valence-electron chi connectivity index (χ1n) is 8.34. The van der Waals surface area contributed by atoms with Gasteiger partial charge in [0.25, 0.3) is 0 Å². The highest BCUT2D eigenvalue weighted by Gasteiger charge is 2.30. The van der Waals surface area contributed by atoms with Crippen molar-refractivity contribution in [1.29, 1.82) is 0 Å². The Bertz CT molecular complexity index is 654. The lowest BCUT2D eigenvalue weighted by Gasteiger charge is -2.22. The largest absolute Gasteiger partial charge is 0.378 e. The standard InChI is InChI=1S/C17H23N5O2/c1-12(2)17-14(7-8-24-17)10-18-16(23)9-13-3-5-15(6-4-13)22-11-19-20-21-22/h3-6,11-12,14,17H,7-10H2,1-2H3,(H,18,23)/t14-,17+/m1/s1. The molecule has 1 aliphatic rings. The molecular weight excluding hydrogens is 306 g/mol. The Morgan fingerprint density at radius 2 is 2.17 bits per heavy atom. The lowest BCUT2D eigenvalue weighted by molar-refractivity contribution is -0.120. The zero-order chi connectivity index (χ0) is 16.9. The number of nitrogens with one attached hydrogen (secondary N) is 1. The Morgan fingerprint density at radius 3 is 2.83 bits per heavy atom. The molecule has 2 heterocycles. The predicted octanol–water partition coefficient (Wildman–Crippen LogP) is 1.38. The first-order valence-corrected chi connectivity index (χ1v) is 8.34. The maximum atomic E-state index is 12.2. The van der Waals surface area contributed by atoms with Crippen LogP contribution < -0.4 is 5.32 Å². The second kappa shape index (κ2) is 7.53. The first-order chi connectivity index (χ1) is 11.6. The molecule has 0 spiro atoms. The minimum atomic E-state index is 0.0413. The van der Waals surface area contributed by atoms with Gasteiger partial charge in [0.15, 0.2) is 0 Å². The predicted molar refractivity (Wildman–Crippen MR) is 88.6 cm³/mol. The summed E-state index contributed by atoms with van der Waals surface area (Å²) >= 11 is 0. The van der Waals surface area contributed by atoms with Crippen LogP contribution in [0, 0.1) is 11.8 Å². The van der Waals surface area contributed by atoms with Crippen LogP contribution in [0.3, 0.4) is 0 Å². The molecule has 1 N–H and O–H groups in total. The van der Waals surface area contributed by atoms with Crippen molar-refractivity contribution in [1.82, 2.24) is 25.5 Å². The summed E-state index contributed by atoms with van der Waals surface area (Å²) in [5, 5.41) is 14.1. The van der Waals surface area contributed by atoms with E-state index in [0.29, 0.717) is 24.8 Å². The molecule has 0 radical (unpaired) electrons. The zero-order valence-corrected chi connectivity index (χ0v) is 14.1. The molecule has 7 nitrogen and oxygen atoms in total. The lowest BCUT2D eigenvalue weighted by atomic mass is 9.93. The molecule has 0 aliphatic carbocycles. The highest BCUT2D eigenvalue weighted by atomic mass is 16.5. The molecule has 1 saturated heterocycles. The smallest absolute Gasteiger partial charge is 0.224 e. The van der Waals surface area contributed by atoms with E-state index in [1.165, 1.54) is 6.33 Å². The van der Waals surface area contributed by atoms with E-state index in [0.717, 1.165) is 24.3 Å². The number of hydrogen-bond donors (Lipinski definition) is 1. The van der Waals surface area contributed by atoms with E-state index in [2.05, 4.69) is 34.7 Å². The zero-order valence-electron chi connectivity index (χ0n) is 14.1. The van der Waals surface area contributed by atoms with E-state index >= 15 is 0 Å². The molecule has 0 bridgehead atoms. The number of tetrazole rings is 1. The number of benzene rings is 1. The summed E-state index contributed by atoms with van der Waals surface area (Å²) in [4.78, 5) is 12.2. The summed E-state index contributed by atoms with van der Waals surface area (Å²) in [6.07, 6.45) is 3.18. The molecule has 0 saturated carbocycles. The average molecular weight is 329 g/mol. The topological polar surface area (TPSA) is 81.9 Å². The second-order valence-electron chi connectivity index (χ2n) is 6.53. The van der Waals surface area contributed by atoms with Crippen LogP contribution in [0.2, 0.25) is 0 Å². The fourth-order valence-corrected chi connectivity index (χ4v) is 3.15. The molecule has 0 unspecified atom stereocenters. The van der Waals surface area contributed by atoms with Crippen molar-refractivity contribution in [3.05, 3.63) is 36.2 Å². The average Bonchev–Trinajstić information content (AvgIpc) is 3.25. The summed E-state index contributed by atoms with van der Waals surface area (Å²) in [5.74, 6) is 0.934. The summed E-state index contributed by atoms with van der Waals surface area (Å²) in [7, 11) is 0. The molecule has 1 aliphatic heterocycles. The molecule has 2 atom stereocenters. The minimum Gasteiger partial charge on any atom is -0.378 e. The van der Waals surface area contributed by atoms with E-state index in [1.54, 1.807) is 4.68 Å².